The van der Waals surface area contributed by atoms with Crippen molar-refractivity contribution in [1.82, 2.24) is 0 Å². The van der Waals surface area contributed by atoms with Gasteiger partial charge in [-0.1, -0.05) is 43.0 Å². The molecule has 0 aliphatic rings. The van der Waals surface area contributed by atoms with Gasteiger partial charge in [0.05, 0.1) is 4.92 Å². The van der Waals surface area contributed by atoms with Gasteiger partial charge in [0, 0.05) is 6.08 Å². The minimum atomic E-state index is -0.932. The van der Waals surface area contributed by atoms with Crippen LogP contribution in [-0.2, 0) is 16.0 Å². The first-order chi connectivity index (χ1) is 9.15. The minimum absolute atomic E-state index is 0.0390. The van der Waals surface area contributed by atoms with Crippen molar-refractivity contribution in [2.45, 2.75) is 12.8 Å². The van der Waals surface area contributed by atoms with Crippen LogP contribution in [0.5, 0.6) is 0 Å². The van der Waals surface area contributed by atoms with E-state index in [4.69, 9.17) is 0 Å². The largest absolute Gasteiger partial charge is 0.453 e. The van der Waals surface area contributed by atoms with Crippen LogP contribution >= 0.6 is 0 Å². The number of ether oxygens (including phenoxy) is 1. The summed E-state index contributed by atoms with van der Waals surface area (Å²) in [5.74, 6) is -0.932. The maximum absolute atomic E-state index is 11.4. The van der Waals surface area contributed by atoms with E-state index in [0.717, 1.165) is 5.56 Å². The summed E-state index contributed by atoms with van der Waals surface area (Å²) >= 11 is 0. The molecule has 5 heteroatoms. The van der Waals surface area contributed by atoms with Gasteiger partial charge in [0.1, 0.15) is 6.61 Å². The first kappa shape index (κ1) is 14.6. The molecule has 19 heavy (non-hydrogen) atoms. The number of nitro groups is 1. The van der Waals surface area contributed by atoms with Gasteiger partial charge in [-0.2, -0.15) is 0 Å². The number of nitrogens with zero attached hydrogens (tertiary/aromatic N) is 1. The number of hydrogen-bond acceptors (Lipinski definition) is 4. The molecule has 0 atom stereocenters. The van der Waals surface area contributed by atoms with E-state index in [0.29, 0.717) is 12.8 Å². The molecule has 0 aliphatic carbocycles. The van der Waals surface area contributed by atoms with Gasteiger partial charge in [0.15, 0.2) is 0 Å². The Labute approximate surface area is 111 Å². The fourth-order valence-electron chi connectivity index (χ4n) is 1.46. The normalized spacial score (nSPS) is 10.8. The molecule has 0 saturated carbocycles. The van der Waals surface area contributed by atoms with Crippen LogP contribution in [0.2, 0.25) is 0 Å². The Bertz CT molecular complexity index is 479. The SMILES string of the molecule is C=CCOC(=O)C(=CCCc1ccccc1)[N+](=O)[O-]. The highest BCUT2D eigenvalue weighted by Gasteiger charge is 2.22. The smallest absolute Gasteiger partial charge is 0.409 e. The number of esters is 1. The van der Waals surface area contributed by atoms with E-state index in [1.807, 2.05) is 30.3 Å². The van der Waals surface area contributed by atoms with Gasteiger partial charge in [-0.15, -0.1) is 0 Å². The molecule has 5 nitrogen and oxygen atoms in total. The molecule has 1 aromatic carbocycles. The van der Waals surface area contributed by atoms with Gasteiger partial charge in [-0.05, 0) is 18.4 Å². The zero-order chi connectivity index (χ0) is 14.1. The van der Waals surface area contributed by atoms with Crippen molar-refractivity contribution in [3.63, 3.8) is 0 Å². The number of rotatable bonds is 7. The number of aryl methyl sites for hydroxylation is 1. The molecular weight excluding hydrogens is 246 g/mol. The van der Waals surface area contributed by atoms with Gasteiger partial charge >= 0.3 is 11.7 Å². The van der Waals surface area contributed by atoms with Crippen molar-refractivity contribution in [3.05, 3.63) is 70.4 Å². The molecule has 0 fully saturated rings. The van der Waals surface area contributed by atoms with Crippen molar-refractivity contribution in [3.8, 4) is 0 Å². The van der Waals surface area contributed by atoms with Gasteiger partial charge in [-0.25, -0.2) is 4.79 Å². The van der Waals surface area contributed by atoms with Gasteiger partial charge in [0.25, 0.3) is 0 Å². The van der Waals surface area contributed by atoms with E-state index >= 15 is 0 Å². The van der Waals surface area contributed by atoms with E-state index in [1.165, 1.54) is 12.2 Å². The lowest BCUT2D eigenvalue weighted by atomic mass is 10.1. The van der Waals surface area contributed by atoms with Crippen LogP contribution in [0.3, 0.4) is 0 Å². The number of allylic oxidation sites excluding steroid dienone is 1. The maximum Gasteiger partial charge on any atom is 0.409 e. The number of carbonyl (C=O) groups is 1. The van der Waals surface area contributed by atoms with Crippen LogP contribution in [0, 0.1) is 10.1 Å². The zero-order valence-corrected chi connectivity index (χ0v) is 10.5. The summed E-state index contributed by atoms with van der Waals surface area (Å²) in [5, 5.41) is 10.8. The third-order valence-electron chi connectivity index (χ3n) is 2.35. The van der Waals surface area contributed by atoms with E-state index in [1.54, 1.807) is 0 Å². The van der Waals surface area contributed by atoms with Crippen LogP contribution in [-0.4, -0.2) is 17.5 Å². The average molecular weight is 261 g/mol. The molecule has 0 amide bonds. The second-order valence-electron chi connectivity index (χ2n) is 3.76. The standard InChI is InChI=1S/C14H15NO4/c1-2-11-19-14(16)13(15(17)18)10-6-9-12-7-4-3-5-8-12/h2-5,7-8,10H,1,6,9,11H2. The molecule has 0 N–H and O–H groups in total. The van der Waals surface area contributed by atoms with E-state index in [2.05, 4.69) is 11.3 Å². The molecule has 0 spiro atoms. The maximum atomic E-state index is 11.4. The van der Waals surface area contributed by atoms with Crippen LogP contribution < -0.4 is 0 Å². The summed E-state index contributed by atoms with van der Waals surface area (Å²) in [6, 6.07) is 9.54. The number of carbonyl (C=O) groups excluding carboxylic acids is 1. The Morgan fingerprint density at radius 1 is 1.37 bits per heavy atom. The summed E-state index contributed by atoms with van der Waals surface area (Å²) in [7, 11) is 0. The van der Waals surface area contributed by atoms with E-state index < -0.39 is 16.6 Å². The Morgan fingerprint density at radius 3 is 2.63 bits per heavy atom. The predicted octanol–water partition coefficient (Wildman–Crippen LogP) is 2.51. The van der Waals surface area contributed by atoms with E-state index in [9.17, 15) is 14.9 Å². The van der Waals surface area contributed by atoms with Crippen LogP contribution in [0.4, 0.5) is 0 Å². The van der Waals surface area contributed by atoms with E-state index in [-0.39, 0.29) is 6.61 Å². The zero-order valence-electron chi connectivity index (χ0n) is 10.5. The highest BCUT2D eigenvalue weighted by Crippen LogP contribution is 2.07. The molecule has 1 rings (SSSR count). The molecule has 0 aliphatic heterocycles. The molecule has 0 bridgehead atoms. The Kier molecular flexibility index (Phi) is 6.02. The molecule has 0 aromatic heterocycles. The third-order valence-corrected chi connectivity index (χ3v) is 2.35. The second-order valence-corrected chi connectivity index (χ2v) is 3.76. The van der Waals surface area contributed by atoms with Crippen LogP contribution in [0.1, 0.15) is 12.0 Å². The molecule has 100 valence electrons. The van der Waals surface area contributed by atoms with Crippen molar-refractivity contribution in [1.29, 1.82) is 0 Å². The first-order valence-electron chi connectivity index (χ1n) is 5.81. The lowest BCUT2D eigenvalue weighted by Gasteiger charge is -2.00. The first-order valence-corrected chi connectivity index (χ1v) is 5.81. The summed E-state index contributed by atoms with van der Waals surface area (Å²) in [6.07, 6.45) is 3.69. The minimum Gasteiger partial charge on any atom is -0.453 e. The molecule has 1 aromatic rings. The molecule has 0 radical (unpaired) electrons. The van der Waals surface area contributed by atoms with Crippen molar-refractivity contribution < 1.29 is 14.5 Å². The highest BCUT2D eigenvalue weighted by molar-refractivity contribution is 5.85. The predicted molar refractivity (Wildman–Crippen MR) is 71.0 cm³/mol. The van der Waals surface area contributed by atoms with Crippen LogP contribution in [0.15, 0.2) is 54.8 Å². The summed E-state index contributed by atoms with van der Waals surface area (Å²) in [4.78, 5) is 21.4. The van der Waals surface area contributed by atoms with Crippen LogP contribution in [0.25, 0.3) is 0 Å². The molecular formula is C14H15NO4. The topological polar surface area (TPSA) is 69.4 Å². The summed E-state index contributed by atoms with van der Waals surface area (Å²) < 4.78 is 4.65. The molecule has 0 heterocycles. The quantitative estimate of drug-likeness (QED) is 0.248. The Hall–Kier alpha value is -2.43. The van der Waals surface area contributed by atoms with Gasteiger partial charge < -0.3 is 4.74 Å². The lowest BCUT2D eigenvalue weighted by molar-refractivity contribution is -0.421. The highest BCUT2D eigenvalue weighted by atomic mass is 16.6. The fourth-order valence-corrected chi connectivity index (χ4v) is 1.46. The lowest BCUT2D eigenvalue weighted by Crippen LogP contribution is -2.15. The summed E-state index contributed by atoms with van der Waals surface area (Å²) in [5.41, 5.74) is 0.527. The van der Waals surface area contributed by atoms with Crippen molar-refractivity contribution in [2.75, 3.05) is 6.61 Å². The Balaban J connectivity index is 2.61. The van der Waals surface area contributed by atoms with Gasteiger partial charge in [-0.3, -0.25) is 10.1 Å². The van der Waals surface area contributed by atoms with Crippen molar-refractivity contribution in [2.24, 2.45) is 0 Å². The third kappa shape index (κ3) is 5.16. The fraction of sp³-hybridized carbons (Fsp3) is 0.214. The second kappa shape index (κ2) is 7.81. The monoisotopic (exact) mass is 261 g/mol. The Morgan fingerprint density at radius 2 is 2.05 bits per heavy atom. The summed E-state index contributed by atoms with van der Waals surface area (Å²) in [6.45, 7) is 3.33. The molecule has 0 saturated heterocycles. The number of benzene rings is 1. The van der Waals surface area contributed by atoms with Crippen molar-refractivity contribution >= 4 is 5.97 Å². The molecule has 0 unspecified atom stereocenters. The van der Waals surface area contributed by atoms with Gasteiger partial charge in [0.2, 0.25) is 0 Å². The number of hydrogen-bond donors (Lipinski definition) is 0. The average Bonchev–Trinajstić information content (AvgIpc) is 2.41.